The molecule has 0 bridgehead atoms. The number of aryl methyl sites for hydroxylation is 3. The molecule has 3 aromatic heterocycles. The van der Waals surface area contributed by atoms with Crippen LogP contribution < -0.4 is 5.76 Å². The number of carbonyl (C=O) groups is 1. The van der Waals surface area contributed by atoms with Crippen LogP contribution in [0.15, 0.2) is 50.3 Å². The number of aromatic nitrogens is 4. The lowest BCUT2D eigenvalue weighted by Crippen LogP contribution is -2.40. The standard InChI is InChI=1S/C24H25N5O4/c1-15-12-21(33-27-15)18-13-25-16(2)26-23(18)17-6-5-10-28(14-17)22(30)9-11-29-19-7-3-4-8-20(19)32-24(29)31/h3-4,7-8,12-13,17H,5-6,9-11,14H2,1-2H3/t17-/m1/s1. The van der Waals surface area contributed by atoms with Gasteiger partial charge in [-0.3, -0.25) is 9.36 Å². The molecule has 0 radical (unpaired) electrons. The third-order valence-electron chi connectivity index (χ3n) is 6.12. The van der Waals surface area contributed by atoms with Gasteiger partial charge in [-0.2, -0.15) is 0 Å². The van der Waals surface area contributed by atoms with E-state index in [-0.39, 0.29) is 24.8 Å². The van der Waals surface area contributed by atoms with Crippen molar-refractivity contribution in [1.82, 2.24) is 24.6 Å². The molecule has 1 aliphatic heterocycles. The first kappa shape index (κ1) is 21.1. The maximum atomic E-state index is 13.1. The van der Waals surface area contributed by atoms with Crippen molar-refractivity contribution in [3.8, 4) is 11.3 Å². The molecule has 0 spiro atoms. The van der Waals surface area contributed by atoms with Crippen LogP contribution in [-0.2, 0) is 11.3 Å². The predicted octanol–water partition coefficient (Wildman–Crippen LogP) is 3.45. The largest absolute Gasteiger partial charge is 0.419 e. The summed E-state index contributed by atoms with van der Waals surface area (Å²) in [6.07, 6.45) is 3.80. The quantitative estimate of drug-likeness (QED) is 0.461. The van der Waals surface area contributed by atoms with Crippen LogP contribution in [0, 0.1) is 13.8 Å². The Morgan fingerprint density at radius 2 is 2.09 bits per heavy atom. The molecular formula is C24H25N5O4. The Balaban J connectivity index is 1.33. The summed E-state index contributed by atoms with van der Waals surface area (Å²) < 4.78 is 12.3. The topological polar surface area (TPSA) is 107 Å². The maximum absolute atomic E-state index is 13.1. The van der Waals surface area contributed by atoms with Gasteiger partial charge in [-0.15, -0.1) is 0 Å². The molecule has 1 aromatic carbocycles. The van der Waals surface area contributed by atoms with Gasteiger partial charge in [0.2, 0.25) is 5.91 Å². The summed E-state index contributed by atoms with van der Waals surface area (Å²) in [5.41, 5.74) is 3.72. The monoisotopic (exact) mass is 447 g/mol. The molecule has 1 fully saturated rings. The van der Waals surface area contributed by atoms with E-state index in [1.807, 2.05) is 43.0 Å². The Bertz CT molecular complexity index is 1370. The second-order valence-electron chi connectivity index (χ2n) is 8.46. The van der Waals surface area contributed by atoms with Crippen molar-refractivity contribution in [1.29, 1.82) is 0 Å². The molecule has 0 aliphatic carbocycles. The van der Waals surface area contributed by atoms with E-state index in [2.05, 4.69) is 10.1 Å². The minimum atomic E-state index is -0.441. The van der Waals surface area contributed by atoms with Gasteiger partial charge < -0.3 is 13.8 Å². The highest BCUT2D eigenvalue weighted by Gasteiger charge is 2.29. The van der Waals surface area contributed by atoms with Crippen LogP contribution in [-0.4, -0.2) is 43.6 Å². The number of benzene rings is 1. The number of nitrogens with zero attached hydrogens (tertiary/aromatic N) is 5. The molecular weight excluding hydrogens is 422 g/mol. The molecule has 9 heteroatoms. The summed E-state index contributed by atoms with van der Waals surface area (Å²) in [4.78, 5) is 36.2. The highest BCUT2D eigenvalue weighted by molar-refractivity contribution is 5.77. The van der Waals surface area contributed by atoms with Crippen LogP contribution in [0.3, 0.4) is 0 Å². The molecule has 9 nitrogen and oxygen atoms in total. The second kappa shape index (κ2) is 8.65. The van der Waals surface area contributed by atoms with Crippen LogP contribution in [0.4, 0.5) is 0 Å². The first-order valence-electron chi connectivity index (χ1n) is 11.1. The summed E-state index contributed by atoms with van der Waals surface area (Å²) in [6.45, 7) is 5.27. The minimum Gasteiger partial charge on any atom is -0.408 e. The highest BCUT2D eigenvalue weighted by Crippen LogP contribution is 2.33. The number of piperidine rings is 1. The molecule has 0 N–H and O–H groups in total. The van der Waals surface area contributed by atoms with Gasteiger partial charge in [-0.1, -0.05) is 17.3 Å². The van der Waals surface area contributed by atoms with Crippen molar-refractivity contribution < 1.29 is 13.7 Å². The molecule has 5 rings (SSSR count). The van der Waals surface area contributed by atoms with Gasteiger partial charge in [0.15, 0.2) is 11.3 Å². The first-order chi connectivity index (χ1) is 16.0. The zero-order valence-corrected chi connectivity index (χ0v) is 18.7. The maximum Gasteiger partial charge on any atom is 0.419 e. The number of carbonyl (C=O) groups excluding carboxylic acids is 1. The lowest BCUT2D eigenvalue weighted by atomic mass is 9.91. The Kier molecular flexibility index (Phi) is 5.53. The van der Waals surface area contributed by atoms with Gasteiger partial charge >= 0.3 is 5.76 Å². The van der Waals surface area contributed by atoms with E-state index in [0.717, 1.165) is 29.8 Å². The zero-order chi connectivity index (χ0) is 22.9. The third-order valence-corrected chi connectivity index (χ3v) is 6.12. The molecule has 4 aromatic rings. The lowest BCUT2D eigenvalue weighted by molar-refractivity contribution is -0.132. The number of fused-ring (bicyclic) bond motifs is 1. The lowest BCUT2D eigenvalue weighted by Gasteiger charge is -2.33. The average molecular weight is 447 g/mol. The number of hydrogen-bond donors (Lipinski definition) is 0. The van der Waals surface area contributed by atoms with Crippen molar-refractivity contribution in [2.75, 3.05) is 13.1 Å². The van der Waals surface area contributed by atoms with Crippen LogP contribution in [0.25, 0.3) is 22.4 Å². The Labute approximate surface area is 190 Å². The number of amides is 1. The van der Waals surface area contributed by atoms with Crippen molar-refractivity contribution >= 4 is 17.0 Å². The van der Waals surface area contributed by atoms with Crippen molar-refractivity contribution in [2.45, 2.75) is 45.6 Å². The van der Waals surface area contributed by atoms with Gasteiger partial charge in [0.1, 0.15) is 5.82 Å². The van der Waals surface area contributed by atoms with Crippen LogP contribution >= 0.6 is 0 Å². The van der Waals surface area contributed by atoms with Gasteiger partial charge in [-0.05, 0) is 38.8 Å². The molecule has 170 valence electrons. The van der Waals surface area contributed by atoms with Gasteiger partial charge in [0.25, 0.3) is 0 Å². The van der Waals surface area contributed by atoms with Gasteiger partial charge in [0.05, 0.1) is 22.5 Å². The molecule has 33 heavy (non-hydrogen) atoms. The molecule has 0 saturated carbocycles. The predicted molar refractivity (Wildman–Crippen MR) is 121 cm³/mol. The molecule has 1 saturated heterocycles. The van der Waals surface area contributed by atoms with E-state index in [0.29, 0.717) is 35.8 Å². The number of oxazole rings is 1. The number of para-hydroxylation sites is 2. The number of likely N-dealkylation sites (tertiary alicyclic amines) is 1. The van der Waals surface area contributed by atoms with Crippen molar-refractivity contribution in [3.63, 3.8) is 0 Å². The normalized spacial score (nSPS) is 16.4. The number of hydrogen-bond acceptors (Lipinski definition) is 7. The Morgan fingerprint density at radius 1 is 1.24 bits per heavy atom. The van der Waals surface area contributed by atoms with Crippen molar-refractivity contribution in [2.24, 2.45) is 0 Å². The summed E-state index contributed by atoms with van der Waals surface area (Å²) >= 11 is 0. The van der Waals surface area contributed by atoms with E-state index in [9.17, 15) is 9.59 Å². The third kappa shape index (κ3) is 4.18. The second-order valence-corrected chi connectivity index (χ2v) is 8.46. The summed E-state index contributed by atoms with van der Waals surface area (Å²) in [6, 6.07) is 9.11. The van der Waals surface area contributed by atoms with E-state index in [4.69, 9.17) is 13.9 Å². The molecule has 1 amide bonds. The Hall–Kier alpha value is -3.75. The summed E-state index contributed by atoms with van der Waals surface area (Å²) in [5, 5.41) is 3.99. The molecule has 1 aliphatic rings. The fourth-order valence-corrected chi connectivity index (χ4v) is 4.50. The fraction of sp³-hybridized carbons (Fsp3) is 0.375. The van der Waals surface area contributed by atoms with Gasteiger partial charge in [-0.25, -0.2) is 14.8 Å². The Morgan fingerprint density at radius 3 is 2.91 bits per heavy atom. The SMILES string of the molecule is Cc1cc(-c2cnc(C)nc2[C@@H]2CCCN(C(=O)CCn3c(=O)oc4ccccc43)C2)on1. The first-order valence-corrected chi connectivity index (χ1v) is 11.1. The fourth-order valence-electron chi connectivity index (χ4n) is 4.50. The van der Waals surface area contributed by atoms with Crippen LogP contribution in [0.1, 0.15) is 42.4 Å². The van der Waals surface area contributed by atoms with Crippen LogP contribution in [0.5, 0.6) is 0 Å². The van der Waals surface area contributed by atoms with Gasteiger partial charge in [0, 0.05) is 44.2 Å². The van der Waals surface area contributed by atoms with E-state index < -0.39 is 5.76 Å². The number of rotatable bonds is 5. The molecule has 4 heterocycles. The van der Waals surface area contributed by atoms with E-state index >= 15 is 0 Å². The summed E-state index contributed by atoms with van der Waals surface area (Å²) in [7, 11) is 0. The summed E-state index contributed by atoms with van der Waals surface area (Å²) in [5.74, 6) is 0.961. The highest BCUT2D eigenvalue weighted by atomic mass is 16.5. The van der Waals surface area contributed by atoms with E-state index in [1.54, 1.807) is 12.3 Å². The van der Waals surface area contributed by atoms with E-state index in [1.165, 1.54) is 4.57 Å². The average Bonchev–Trinajstić information content (AvgIpc) is 3.39. The van der Waals surface area contributed by atoms with Crippen molar-refractivity contribution in [3.05, 3.63) is 64.3 Å². The smallest absolute Gasteiger partial charge is 0.408 e. The zero-order valence-electron chi connectivity index (χ0n) is 18.7. The van der Waals surface area contributed by atoms with Crippen LogP contribution in [0.2, 0.25) is 0 Å². The molecule has 1 atom stereocenters. The minimum absolute atomic E-state index is 0.0136. The molecule has 0 unspecified atom stereocenters.